The number of hydrogen-bond donors (Lipinski definition) is 0. The third kappa shape index (κ3) is 7.07. The summed E-state index contributed by atoms with van der Waals surface area (Å²) in [5.74, 6) is -1.18. The topological polar surface area (TPSA) is 76.2 Å². The Balaban J connectivity index is 1.66. The second-order valence-electron chi connectivity index (χ2n) is 11.2. The smallest absolute Gasteiger partial charge is 0.417 e. The summed E-state index contributed by atoms with van der Waals surface area (Å²) < 4.78 is 11.1. The number of imide groups is 1. The number of benzene rings is 2. The summed E-state index contributed by atoms with van der Waals surface area (Å²) in [6, 6.07) is 16.3. The van der Waals surface area contributed by atoms with Gasteiger partial charge >= 0.3 is 12.2 Å². The van der Waals surface area contributed by atoms with Crippen LogP contribution in [0, 0.1) is 0 Å². The van der Waals surface area contributed by atoms with Gasteiger partial charge in [0.2, 0.25) is 5.91 Å². The SMILES string of the molecule is CC(C)(C)OC(=O)N(C[C@@H](C(=O)N1C(=O)OC[C@H]1Cc1ccccc1)c1ccc(Cl)cc1)C1CCCCC1. The molecule has 2 aromatic rings. The summed E-state index contributed by atoms with van der Waals surface area (Å²) in [7, 11) is 0. The minimum absolute atomic E-state index is 0.0353. The van der Waals surface area contributed by atoms with Crippen LogP contribution in [-0.4, -0.2) is 58.7 Å². The van der Waals surface area contributed by atoms with Gasteiger partial charge in [-0.25, -0.2) is 14.5 Å². The van der Waals surface area contributed by atoms with Crippen molar-refractivity contribution in [3.05, 3.63) is 70.7 Å². The molecule has 0 radical (unpaired) electrons. The Morgan fingerprint density at radius 2 is 1.71 bits per heavy atom. The lowest BCUT2D eigenvalue weighted by molar-refractivity contribution is -0.131. The summed E-state index contributed by atoms with van der Waals surface area (Å²) in [5.41, 5.74) is 1.01. The van der Waals surface area contributed by atoms with Crippen molar-refractivity contribution >= 4 is 29.7 Å². The molecule has 204 valence electrons. The summed E-state index contributed by atoms with van der Waals surface area (Å²) in [6.07, 6.45) is 4.25. The molecule has 4 rings (SSSR count). The van der Waals surface area contributed by atoms with E-state index in [1.54, 1.807) is 29.2 Å². The van der Waals surface area contributed by atoms with Gasteiger partial charge in [-0.15, -0.1) is 0 Å². The quantitative estimate of drug-likeness (QED) is 0.396. The van der Waals surface area contributed by atoms with Gasteiger partial charge in [0.1, 0.15) is 12.2 Å². The minimum Gasteiger partial charge on any atom is -0.447 e. The Morgan fingerprint density at radius 1 is 1.05 bits per heavy atom. The van der Waals surface area contributed by atoms with E-state index in [0.717, 1.165) is 37.7 Å². The minimum atomic E-state index is -0.786. The second kappa shape index (κ2) is 12.2. The predicted octanol–water partition coefficient (Wildman–Crippen LogP) is 6.58. The monoisotopic (exact) mass is 540 g/mol. The number of ether oxygens (including phenoxy) is 2. The van der Waals surface area contributed by atoms with E-state index in [4.69, 9.17) is 21.1 Å². The molecule has 1 saturated carbocycles. The van der Waals surface area contributed by atoms with Gasteiger partial charge in [-0.3, -0.25) is 4.79 Å². The van der Waals surface area contributed by atoms with Crippen LogP contribution in [0.4, 0.5) is 9.59 Å². The maximum Gasteiger partial charge on any atom is 0.417 e. The van der Waals surface area contributed by atoms with Crippen LogP contribution in [-0.2, 0) is 20.7 Å². The summed E-state index contributed by atoms with van der Waals surface area (Å²) in [6.45, 7) is 5.73. The molecule has 1 aliphatic carbocycles. The molecule has 0 aromatic heterocycles. The first-order valence-electron chi connectivity index (χ1n) is 13.4. The molecule has 0 bridgehead atoms. The summed E-state index contributed by atoms with van der Waals surface area (Å²) in [4.78, 5) is 43.5. The van der Waals surface area contributed by atoms with Gasteiger partial charge in [-0.2, -0.15) is 0 Å². The van der Waals surface area contributed by atoms with Crippen LogP contribution >= 0.6 is 11.6 Å². The molecular formula is C30H37ClN2O5. The van der Waals surface area contributed by atoms with Crippen LogP contribution in [0.1, 0.15) is 69.9 Å². The molecule has 1 heterocycles. The average Bonchev–Trinajstić information content (AvgIpc) is 3.24. The fourth-order valence-corrected chi connectivity index (χ4v) is 5.36. The Kier molecular flexibility index (Phi) is 8.98. The predicted molar refractivity (Wildman–Crippen MR) is 146 cm³/mol. The highest BCUT2D eigenvalue weighted by atomic mass is 35.5. The van der Waals surface area contributed by atoms with Gasteiger partial charge in [0, 0.05) is 17.6 Å². The molecule has 7 nitrogen and oxygen atoms in total. The molecule has 0 unspecified atom stereocenters. The van der Waals surface area contributed by atoms with E-state index in [0.29, 0.717) is 17.0 Å². The van der Waals surface area contributed by atoms with Crippen molar-refractivity contribution in [3.63, 3.8) is 0 Å². The molecule has 0 spiro atoms. The molecule has 2 fully saturated rings. The number of rotatable bonds is 7. The average molecular weight is 541 g/mol. The molecule has 38 heavy (non-hydrogen) atoms. The lowest BCUT2D eigenvalue weighted by atomic mass is 9.91. The number of nitrogens with zero attached hydrogens (tertiary/aromatic N) is 2. The number of hydrogen-bond acceptors (Lipinski definition) is 5. The molecule has 1 saturated heterocycles. The fraction of sp³-hybridized carbons (Fsp3) is 0.500. The molecule has 0 N–H and O–H groups in total. The van der Waals surface area contributed by atoms with Gasteiger partial charge in [0.25, 0.3) is 0 Å². The van der Waals surface area contributed by atoms with Gasteiger partial charge in [0.15, 0.2) is 0 Å². The van der Waals surface area contributed by atoms with E-state index in [-0.39, 0.29) is 25.1 Å². The second-order valence-corrected chi connectivity index (χ2v) is 11.6. The van der Waals surface area contributed by atoms with Gasteiger partial charge < -0.3 is 14.4 Å². The first-order valence-corrected chi connectivity index (χ1v) is 13.8. The van der Waals surface area contributed by atoms with Crippen molar-refractivity contribution in [3.8, 4) is 0 Å². The van der Waals surface area contributed by atoms with Crippen LogP contribution in [0.5, 0.6) is 0 Å². The van der Waals surface area contributed by atoms with Crippen molar-refractivity contribution in [2.75, 3.05) is 13.2 Å². The number of carbonyl (C=O) groups is 3. The van der Waals surface area contributed by atoms with Crippen molar-refractivity contribution in [2.24, 2.45) is 0 Å². The first kappa shape index (κ1) is 28.0. The highest BCUT2D eigenvalue weighted by Crippen LogP contribution is 2.31. The van der Waals surface area contributed by atoms with Crippen molar-refractivity contribution in [1.82, 2.24) is 9.80 Å². The first-order chi connectivity index (χ1) is 18.1. The standard InChI is InChI=1S/C30H37ClN2O5/c1-30(2,3)38-28(35)32(24-12-8-5-9-13-24)19-26(22-14-16-23(31)17-15-22)27(34)33-25(20-37-29(33)36)18-21-10-6-4-7-11-21/h4,6-7,10-11,14-17,24-26H,5,8-9,12-13,18-20H2,1-3H3/t25-,26-/m1/s1. The molecule has 3 amide bonds. The Hall–Kier alpha value is -3.06. The van der Waals surface area contributed by atoms with Crippen LogP contribution in [0.25, 0.3) is 0 Å². The number of cyclic esters (lactones) is 1. The van der Waals surface area contributed by atoms with E-state index in [1.165, 1.54) is 4.90 Å². The molecule has 1 aliphatic heterocycles. The molecule has 2 atom stereocenters. The Bertz CT molecular complexity index is 1110. The van der Waals surface area contributed by atoms with E-state index in [1.807, 2.05) is 51.1 Å². The molecule has 2 aromatic carbocycles. The highest BCUT2D eigenvalue weighted by Gasteiger charge is 2.43. The third-order valence-corrected chi connectivity index (χ3v) is 7.36. The van der Waals surface area contributed by atoms with E-state index >= 15 is 0 Å². The number of carbonyl (C=O) groups excluding carboxylic acids is 3. The molecule has 2 aliphatic rings. The number of halogens is 1. The highest BCUT2D eigenvalue weighted by molar-refractivity contribution is 6.30. The van der Waals surface area contributed by atoms with Gasteiger partial charge in [-0.1, -0.05) is 73.3 Å². The van der Waals surface area contributed by atoms with Crippen molar-refractivity contribution in [2.45, 2.75) is 82.9 Å². The zero-order valence-corrected chi connectivity index (χ0v) is 23.2. The fourth-order valence-electron chi connectivity index (χ4n) is 5.24. The molecular weight excluding hydrogens is 504 g/mol. The number of amides is 3. The lowest BCUT2D eigenvalue weighted by Gasteiger charge is -2.38. The zero-order valence-electron chi connectivity index (χ0n) is 22.4. The van der Waals surface area contributed by atoms with Crippen molar-refractivity contribution < 1.29 is 23.9 Å². The van der Waals surface area contributed by atoms with Crippen LogP contribution < -0.4 is 0 Å². The van der Waals surface area contributed by atoms with Crippen LogP contribution in [0.2, 0.25) is 5.02 Å². The zero-order chi connectivity index (χ0) is 27.3. The Morgan fingerprint density at radius 3 is 2.34 bits per heavy atom. The van der Waals surface area contributed by atoms with Crippen molar-refractivity contribution in [1.29, 1.82) is 0 Å². The summed E-state index contributed by atoms with van der Waals surface area (Å²) >= 11 is 6.16. The van der Waals surface area contributed by atoms with Crippen LogP contribution in [0.15, 0.2) is 54.6 Å². The third-order valence-electron chi connectivity index (χ3n) is 7.11. The normalized spacial score (nSPS) is 19.1. The van der Waals surface area contributed by atoms with Gasteiger partial charge in [0.05, 0.1) is 12.0 Å². The lowest BCUT2D eigenvalue weighted by Crippen LogP contribution is -2.50. The maximum absolute atomic E-state index is 14.2. The summed E-state index contributed by atoms with van der Waals surface area (Å²) in [5, 5.41) is 0.541. The largest absolute Gasteiger partial charge is 0.447 e. The van der Waals surface area contributed by atoms with E-state index in [2.05, 4.69) is 0 Å². The Labute approximate surface area is 230 Å². The van der Waals surface area contributed by atoms with Crippen LogP contribution in [0.3, 0.4) is 0 Å². The van der Waals surface area contributed by atoms with Gasteiger partial charge in [-0.05, 0) is 63.3 Å². The van der Waals surface area contributed by atoms with E-state index < -0.39 is 29.7 Å². The molecule has 8 heteroatoms. The maximum atomic E-state index is 14.2. The van der Waals surface area contributed by atoms with E-state index in [9.17, 15) is 14.4 Å².